The number of ketones is 1. The molecule has 0 amide bonds. The van der Waals surface area contributed by atoms with E-state index in [2.05, 4.69) is 51.6 Å². The molecule has 2 aromatic rings. The van der Waals surface area contributed by atoms with Gasteiger partial charge in [0.25, 0.3) is 8.32 Å². The molecule has 1 aliphatic rings. The van der Waals surface area contributed by atoms with E-state index < -0.39 is 19.7 Å². The van der Waals surface area contributed by atoms with Crippen LogP contribution in [-0.4, -0.2) is 39.9 Å². The van der Waals surface area contributed by atoms with Gasteiger partial charge in [-0.05, 0) is 35.2 Å². The number of carbonyl (C=O) groups is 2. The topological polar surface area (TPSA) is 61.8 Å². The van der Waals surface area contributed by atoms with E-state index in [9.17, 15) is 9.59 Å². The van der Waals surface area contributed by atoms with Gasteiger partial charge in [0.15, 0.2) is 5.78 Å². The second-order valence-corrected chi connectivity index (χ2v) is 14.4. The van der Waals surface area contributed by atoms with Crippen LogP contribution in [-0.2, 0) is 23.5 Å². The third-order valence-corrected chi connectivity index (χ3v) is 11.9. The van der Waals surface area contributed by atoms with Crippen molar-refractivity contribution < 1.29 is 23.5 Å². The van der Waals surface area contributed by atoms with Crippen LogP contribution >= 0.6 is 0 Å². The first-order chi connectivity index (χ1) is 17.2. The summed E-state index contributed by atoms with van der Waals surface area (Å²) < 4.78 is 18.0. The summed E-state index contributed by atoms with van der Waals surface area (Å²) in [7, 11) is -2.79. The summed E-state index contributed by atoms with van der Waals surface area (Å²) in [6, 6.07) is 20.7. The molecular formula is C30H38O5Si. The van der Waals surface area contributed by atoms with Gasteiger partial charge in [-0.1, -0.05) is 94.1 Å². The van der Waals surface area contributed by atoms with E-state index in [0.29, 0.717) is 25.2 Å². The summed E-state index contributed by atoms with van der Waals surface area (Å²) in [5.41, 5.74) is -1.30. The van der Waals surface area contributed by atoms with Gasteiger partial charge in [-0.3, -0.25) is 9.59 Å². The van der Waals surface area contributed by atoms with E-state index in [1.807, 2.05) is 43.3 Å². The van der Waals surface area contributed by atoms with Crippen LogP contribution in [0, 0.1) is 5.41 Å². The number of esters is 1. The zero-order valence-corrected chi connectivity index (χ0v) is 22.9. The quantitative estimate of drug-likeness (QED) is 0.187. The van der Waals surface area contributed by atoms with Gasteiger partial charge in [-0.25, -0.2) is 0 Å². The van der Waals surface area contributed by atoms with Crippen LogP contribution in [0.3, 0.4) is 0 Å². The first-order valence-electron chi connectivity index (χ1n) is 12.6. The third kappa shape index (κ3) is 5.55. The molecule has 0 bridgehead atoms. The molecule has 0 radical (unpaired) electrons. The van der Waals surface area contributed by atoms with E-state index in [0.717, 1.165) is 10.4 Å². The minimum absolute atomic E-state index is 0.0610. The highest BCUT2D eigenvalue weighted by molar-refractivity contribution is 6.99. The molecule has 0 spiro atoms. The highest BCUT2D eigenvalue weighted by Crippen LogP contribution is 2.40. The molecule has 3 rings (SSSR count). The molecule has 1 unspecified atom stereocenters. The number of benzene rings is 2. The lowest BCUT2D eigenvalue weighted by Gasteiger charge is -2.43. The van der Waals surface area contributed by atoms with Crippen LogP contribution in [0.4, 0.5) is 0 Å². The summed E-state index contributed by atoms with van der Waals surface area (Å²) in [5.74, 6) is -0.190. The van der Waals surface area contributed by atoms with E-state index in [1.165, 1.54) is 12.2 Å². The molecule has 0 saturated carbocycles. The number of hydrogen-bond acceptors (Lipinski definition) is 5. The lowest BCUT2D eigenvalue weighted by Crippen LogP contribution is -2.66. The third-order valence-electron chi connectivity index (χ3n) is 6.88. The summed E-state index contributed by atoms with van der Waals surface area (Å²) in [5, 5.41) is 2.10. The first kappa shape index (κ1) is 27.6. The lowest BCUT2D eigenvalue weighted by molar-refractivity contribution is -0.160. The summed E-state index contributed by atoms with van der Waals surface area (Å²) in [6.45, 7) is 12.9. The minimum Gasteiger partial charge on any atom is -0.498 e. The van der Waals surface area contributed by atoms with E-state index >= 15 is 0 Å². The van der Waals surface area contributed by atoms with E-state index in [-0.39, 0.29) is 30.5 Å². The van der Waals surface area contributed by atoms with Crippen molar-refractivity contribution in [3.8, 4) is 0 Å². The molecule has 36 heavy (non-hydrogen) atoms. The number of rotatable bonds is 11. The molecule has 5 nitrogen and oxygen atoms in total. The Labute approximate surface area is 216 Å². The Bertz CT molecular complexity index is 1030. The van der Waals surface area contributed by atoms with Gasteiger partial charge in [0.2, 0.25) is 0 Å². The highest BCUT2D eigenvalue weighted by Gasteiger charge is 2.52. The lowest BCUT2D eigenvalue weighted by atomic mass is 9.73. The van der Waals surface area contributed by atoms with Crippen LogP contribution in [0.15, 0.2) is 85.2 Å². The Hall–Kier alpha value is -2.96. The fourth-order valence-corrected chi connectivity index (χ4v) is 9.64. The highest BCUT2D eigenvalue weighted by atomic mass is 28.4. The summed E-state index contributed by atoms with van der Waals surface area (Å²) in [6.07, 6.45) is 4.05. The van der Waals surface area contributed by atoms with Crippen molar-refractivity contribution in [1.29, 1.82) is 0 Å². The van der Waals surface area contributed by atoms with Crippen molar-refractivity contribution in [2.75, 3.05) is 19.8 Å². The normalized spacial score (nSPS) is 18.3. The maximum atomic E-state index is 13.4. The second kappa shape index (κ2) is 11.8. The molecule has 1 aliphatic carbocycles. The van der Waals surface area contributed by atoms with Crippen molar-refractivity contribution in [3.05, 3.63) is 85.2 Å². The average molecular weight is 507 g/mol. The van der Waals surface area contributed by atoms with Gasteiger partial charge in [0.05, 0.1) is 12.4 Å². The van der Waals surface area contributed by atoms with Gasteiger partial charge in [0.1, 0.15) is 12.0 Å². The van der Waals surface area contributed by atoms with E-state index in [1.54, 1.807) is 0 Å². The van der Waals surface area contributed by atoms with Crippen LogP contribution in [0.2, 0.25) is 5.04 Å². The zero-order valence-electron chi connectivity index (χ0n) is 21.9. The molecule has 0 aliphatic heterocycles. The second-order valence-electron chi connectivity index (χ2n) is 10.1. The monoisotopic (exact) mass is 506 g/mol. The first-order valence-corrected chi connectivity index (χ1v) is 14.5. The standard InChI is InChI=1S/C30H38O5Si/c1-6-21-34-28(32)30(19-18-24(33-7-2)23-27(30)31)20-22-35-36(29(3,4)5,25-14-10-8-11-15-25)26-16-12-9-13-17-26/h6,8-17,23H,1,7,18-22H2,2-5H3. The molecular weight excluding hydrogens is 468 g/mol. The number of hydrogen-bond donors (Lipinski definition) is 0. The predicted octanol–water partition coefficient (Wildman–Crippen LogP) is 4.95. The Morgan fingerprint density at radius 3 is 2.11 bits per heavy atom. The zero-order chi connectivity index (χ0) is 26.2. The molecule has 1 atom stereocenters. The summed E-state index contributed by atoms with van der Waals surface area (Å²) >= 11 is 0. The Morgan fingerprint density at radius 1 is 1.06 bits per heavy atom. The number of carbonyl (C=O) groups excluding carboxylic acids is 2. The summed E-state index contributed by atoms with van der Waals surface area (Å²) in [4.78, 5) is 26.6. The van der Waals surface area contributed by atoms with Crippen molar-refractivity contribution in [2.45, 2.75) is 52.0 Å². The van der Waals surface area contributed by atoms with Crippen LogP contribution in [0.1, 0.15) is 47.0 Å². The maximum Gasteiger partial charge on any atom is 0.320 e. The molecule has 192 valence electrons. The van der Waals surface area contributed by atoms with Crippen molar-refractivity contribution >= 4 is 30.4 Å². The van der Waals surface area contributed by atoms with Gasteiger partial charge in [-0.2, -0.15) is 0 Å². The minimum atomic E-state index is -2.79. The molecule has 0 N–H and O–H groups in total. The van der Waals surface area contributed by atoms with Crippen molar-refractivity contribution in [2.24, 2.45) is 5.41 Å². The number of allylic oxidation sites excluding steroid dienone is 2. The van der Waals surface area contributed by atoms with Gasteiger partial charge in [0, 0.05) is 19.1 Å². The molecule has 6 heteroatoms. The van der Waals surface area contributed by atoms with Crippen LogP contribution in [0.25, 0.3) is 0 Å². The van der Waals surface area contributed by atoms with Gasteiger partial charge < -0.3 is 13.9 Å². The smallest absolute Gasteiger partial charge is 0.320 e. The van der Waals surface area contributed by atoms with Gasteiger partial charge >= 0.3 is 5.97 Å². The largest absolute Gasteiger partial charge is 0.498 e. The molecule has 0 saturated heterocycles. The molecule has 0 heterocycles. The molecule has 0 fully saturated rings. The molecule has 2 aromatic carbocycles. The fraction of sp³-hybridized carbons (Fsp3) is 0.400. The SMILES string of the molecule is C=CCOC(=O)C1(CCO[Si](c2ccccc2)(c2ccccc2)C(C)(C)C)CCC(OCC)=CC1=O. The fourth-order valence-electron chi connectivity index (χ4n) is 5.08. The van der Waals surface area contributed by atoms with Crippen molar-refractivity contribution in [3.63, 3.8) is 0 Å². The number of ether oxygens (including phenoxy) is 2. The van der Waals surface area contributed by atoms with Crippen LogP contribution in [0.5, 0.6) is 0 Å². The Balaban J connectivity index is 1.99. The van der Waals surface area contributed by atoms with Crippen molar-refractivity contribution in [1.82, 2.24) is 0 Å². The predicted molar refractivity (Wildman–Crippen MR) is 146 cm³/mol. The average Bonchev–Trinajstić information content (AvgIpc) is 2.87. The molecule has 0 aromatic heterocycles. The van der Waals surface area contributed by atoms with Gasteiger partial charge in [-0.15, -0.1) is 0 Å². The Kier molecular flexibility index (Phi) is 9.09. The Morgan fingerprint density at radius 2 is 1.64 bits per heavy atom. The van der Waals surface area contributed by atoms with Crippen LogP contribution < -0.4 is 10.4 Å². The maximum absolute atomic E-state index is 13.4. The van der Waals surface area contributed by atoms with E-state index in [4.69, 9.17) is 13.9 Å².